The third-order valence-electron chi connectivity index (χ3n) is 5.48. The lowest BCUT2D eigenvalue weighted by atomic mass is 10.1. The van der Waals surface area contributed by atoms with Gasteiger partial charge in [0, 0.05) is 42.1 Å². The molecule has 148 valence electrons. The topological polar surface area (TPSA) is 96.6 Å². The molecule has 5 heterocycles. The molecule has 1 aliphatic rings. The zero-order valence-electron chi connectivity index (χ0n) is 16.5. The number of nitrogens with two attached hydrogens (primary N) is 1. The summed E-state index contributed by atoms with van der Waals surface area (Å²) in [5.74, 6) is 0.978. The summed E-state index contributed by atoms with van der Waals surface area (Å²) in [5.41, 5.74) is 11.3. The molecule has 0 aliphatic carbocycles. The van der Waals surface area contributed by atoms with Gasteiger partial charge in [-0.1, -0.05) is 6.92 Å². The predicted molar refractivity (Wildman–Crippen MR) is 116 cm³/mol. The van der Waals surface area contributed by atoms with Crippen molar-refractivity contribution in [3.05, 3.63) is 41.9 Å². The van der Waals surface area contributed by atoms with E-state index in [0.717, 1.165) is 58.7 Å². The van der Waals surface area contributed by atoms with Crippen molar-refractivity contribution in [3.8, 4) is 0 Å². The van der Waals surface area contributed by atoms with Crippen LogP contribution >= 0.6 is 11.8 Å². The predicted octanol–water partition coefficient (Wildman–Crippen LogP) is 3.46. The van der Waals surface area contributed by atoms with Gasteiger partial charge in [0.2, 0.25) is 0 Å². The smallest absolute Gasteiger partial charge is 0.196 e. The molecular formula is C21H23N7S. The van der Waals surface area contributed by atoms with Crippen molar-refractivity contribution >= 4 is 39.6 Å². The second-order valence-electron chi connectivity index (χ2n) is 7.45. The largest absolute Gasteiger partial charge is 0.354 e. The van der Waals surface area contributed by atoms with Crippen molar-refractivity contribution in [2.75, 3.05) is 18.0 Å². The Hall–Kier alpha value is -2.71. The lowest BCUT2D eigenvalue weighted by molar-refractivity contribution is 0.751. The van der Waals surface area contributed by atoms with Gasteiger partial charge in [-0.3, -0.25) is 9.97 Å². The van der Waals surface area contributed by atoms with Crippen LogP contribution in [0.15, 0.2) is 40.6 Å². The van der Waals surface area contributed by atoms with Crippen molar-refractivity contribution in [2.24, 2.45) is 5.73 Å². The summed E-state index contributed by atoms with van der Waals surface area (Å²) in [6.45, 7) is 6.04. The number of nitrogens with one attached hydrogen (secondary N) is 1. The maximum Gasteiger partial charge on any atom is 0.196 e. The molecule has 4 aromatic heterocycles. The summed E-state index contributed by atoms with van der Waals surface area (Å²) < 4.78 is 0. The minimum absolute atomic E-state index is 0.191. The molecule has 0 bridgehead atoms. The highest BCUT2D eigenvalue weighted by Crippen LogP contribution is 2.35. The second kappa shape index (κ2) is 7.27. The Kier molecular flexibility index (Phi) is 4.60. The Balaban J connectivity index is 1.59. The Morgan fingerprint density at radius 3 is 2.97 bits per heavy atom. The third-order valence-corrected chi connectivity index (χ3v) is 6.30. The average Bonchev–Trinajstić information content (AvgIpc) is 3.30. The molecule has 4 aromatic rings. The van der Waals surface area contributed by atoms with E-state index in [2.05, 4.69) is 33.7 Å². The Morgan fingerprint density at radius 1 is 1.28 bits per heavy atom. The summed E-state index contributed by atoms with van der Waals surface area (Å²) in [6.07, 6.45) is 5.55. The van der Waals surface area contributed by atoms with Crippen molar-refractivity contribution in [3.63, 3.8) is 0 Å². The maximum absolute atomic E-state index is 6.18. The number of H-pyrrole nitrogens is 1. The van der Waals surface area contributed by atoms with Crippen molar-refractivity contribution < 1.29 is 0 Å². The first-order valence-electron chi connectivity index (χ1n) is 9.90. The van der Waals surface area contributed by atoms with Gasteiger partial charge in [0.15, 0.2) is 5.16 Å². The minimum Gasteiger partial charge on any atom is -0.354 e. The first-order chi connectivity index (χ1) is 14.1. The molecular weight excluding hydrogens is 382 g/mol. The number of aromatic nitrogens is 5. The average molecular weight is 406 g/mol. The van der Waals surface area contributed by atoms with E-state index in [-0.39, 0.29) is 6.04 Å². The Morgan fingerprint density at radius 2 is 2.17 bits per heavy atom. The summed E-state index contributed by atoms with van der Waals surface area (Å²) in [4.78, 5) is 25.4. The zero-order valence-corrected chi connectivity index (χ0v) is 17.3. The Bertz CT molecular complexity index is 1200. The minimum atomic E-state index is 0.191. The van der Waals surface area contributed by atoms with Crippen LogP contribution in [0.2, 0.25) is 0 Å². The molecule has 0 saturated carbocycles. The van der Waals surface area contributed by atoms with Gasteiger partial charge in [-0.15, -0.1) is 0 Å². The van der Waals surface area contributed by atoms with E-state index in [1.165, 1.54) is 23.0 Å². The SMILES string of the molecule is CCc1[nH]c2nc(Sc3cnc4cccnc4c3)nc(N3CC[C@@H](N)C3)c2c1C. The molecule has 1 atom stereocenters. The fourth-order valence-electron chi connectivity index (χ4n) is 3.96. The quantitative estimate of drug-likeness (QED) is 0.502. The van der Waals surface area contributed by atoms with Gasteiger partial charge in [-0.25, -0.2) is 9.97 Å². The van der Waals surface area contributed by atoms with E-state index in [9.17, 15) is 0 Å². The van der Waals surface area contributed by atoms with E-state index in [1.54, 1.807) is 6.20 Å². The molecule has 1 aliphatic heterocycles. The van der Waals surface area contributed by atoms with Gasteiger partial charge in [-0.2, -0.15) is 0 Å². The standard InChI is InChI=1S/C21H23N7S/c1-3-15-12(2)18-19(25-15)26-21(27-20(18)28-8-6-13(22)11-28)29-14-9-17-16(24-10-14)5-4-7-23-17/h4-5,7,9-10,13H,3,6,8,11,22H2,1-2H3,(H,25,26,27)/t13-/m1/s1. The van der Waals surface area contributed by atoms with Gasteiger partial charge < -0.3 is 15.6 Å². The molecule has 0 amide bonds. The highest BCUT2D eigenvalue weighted by molar-refractivity contribution is 7.99. The first kappa shape index (κ1) is 18.3. The van der Waals surface area contributed by atoms with Crippen molar-refractivity contribution in [2.45, 2.75) is 42.8 Å². The van der Waals surface area contributed by atoms with Crippen LogP contribution in [0.1, 0.15) is 24.6 Å². The van der Waals surface area contributed by atoms with E-state index < -0.39 is 0 Å². The first-order valence-corrected chi connectivity index (χ1v) is 10.7. The summed E-state index contributed by atoms with van der Waals surface area (Å²) in [6, 6.07) is 6.08. The monoisotopic (exact) mass is 405 g/mol. The number of hydrogen-bond acceptors (Lipinski definition) is 7. The molecule has 0 radical (unpaired) electrons. The number of fused-ring (bicyclic) bond motifs is 2. The van der Waals surface area contributed by atoms with Crippen molar-refractivity contribution in [1.29, 1.82) is 0 Å². The van der Waals surface area contributed by atoms with Gasteiger partial charge in [-0.05, 0) is 55.3 Å². The van der Waals surface area contributed by atoms with Crippen LogP contribution in [-0.2, 0) is 6.42 Å². The molecule has 0 spiro atoms. The van der Waals surface area contributed by atoms with Crippen LogP contribution in [0.3, 0.4) is 0 Å². The van der Waals surface area contributed by atoms with Gasteiger partial charge >= 0.3 is 0 Å². The number of rotatable bonds is 4. The van der Waals surface area contributed by atoms with Crippen LogP contribution in [0.5, 0.6) is 0 Å². The van der Waals surface area contributed by atoms with E-state index in [1.807, 2.05) is 24.4 Å². The summed E-state index contributed by atoms with van der Waals surface area (Å²) in [5, 5.41) is 1.81. The second-order valence-corrected chi connectivity index (χ2v) is 8.49. The zero-order chi connectivity index (χ0) is 20.0. The molecule has 29 heavy (non-hydrogen) atoms. The number of anilines is 1. The molecule has 0 unspecified atom stereocenters. The molecule has 5 rings (SSSR count). The number of pyridine rings is 2. The normalized spacial score (nSPS) is 16.9. The van der Waals surface area contributed by atoms with Crippen molar-refractivity contribution in [1.82, 2.24) is 24.9 Å². The fourth-order valence-corrected chi connectivity index (χ4v) is 4.71. The van der Waals surface area contributed by atoms with Crippen LogP contribution in [0.25, 0.3) is 22.1 Å². The highest BCUT2D eigenvalue weighted by atomic mass is 32.2. The van der Waals surface area contributed by atoms with Gasteiger partial charge in [0.25, 0.3) is 0 Å². The summed E-state index contributed by atoms with van der Waals surface area (Å²) in [7, 11) is 0. The highest BCUT2D eigenvalue weighted by Gasteiger charge is 2.25. The maximum atomic E-state index is 6.18. The molecule has 3 N–H and O–H groups in total. The summed E-state index contributed by atoms with van der Waals surface area (Å²) >= 11 is 1.51. The van der Waals surface area contributed by atoms with Gasteiger partial charge in [0.1, 0.15) is 11.5 Å². The van der Waals surface area contributed by atoms with Crippen LogP contribution in [0.4, 0.5) is 5.82 Å². The van der Waals surface area contributed by atoms with Gasteiger partial charge in [0.05, 0.1) is 16.4 Å². The number of aryl methyl sites for hydroxylation is 2. The molecule has 0 aromatic carbocycles. The third kappa shape index (κ3) is 3.32. The number of nitrogens with zero attached hydrogens (tertiary/aromatic N) is 5. The van der Waals surface area contributed by atoms with Crippen LogP contribution in [-0.4, -0.2) is 44.1 Å². The number of aromatic amines is 1. The number of hydrogen-bond donors (Lipinski definition) is 2. The van der Waals surface area contributed by atoms with Crippen LogP contribution < -0.4 is 10.6 Å². The fraction of sp³-hybridized carbons (Fsp3) is 0.333. The molecule has 1 fully saturated rings. The van der Waals surface area contributed by atoms with E-state index >= 15 is 0 Å². The Labute approximate surface area is 173 Å². The lowest BCUT2D eigenvalue weighted by Gasteiger charge is -2.19. The van der Waals surface area contributed by atoms with E-state index in [0.29, 0.717) is 5.16 Å². The molecule has 8 heteroatoms. The molecule has 1 saturated heterocycles. The van der Waals surface area contributed by atoms with Crippen LogP contribution in [0, 0.1) is 6.92 Å². The van der Waals surface area contributed by atoms with E-state index in [4.69, 9.17) is 15.7 Å². The molecule has 7 nitrogen and oxygen atoms in total. The lowest BCUT2D eigenvalue weighted by Crippen LogP contribution is -2.27.